The summed E-state index contributed by atoms with van der Waals surface area (Å²) >= 11 is 0. The molecule has 0 spiro atoms. The summed E-state index contributed by atoms with van der Waals surface area (Å²) in [6.45, 7) is 6.77. The highest BCUT2D eigenvalue weighted by Gasteiger charge is 2.71. The van der Waals surface area contributed by atoms with Gasteiger partial charge in [-0.1, -0.05) is 38.5 Å². The van der Waals surface area contributed by atoms with E-state index in [1.165, 1.54) is 12.2 Å². The zero-order valence-electron chi connectivity index (χ0n) is 16.9. The molecule has 0 aliphatic heterocycles. The number of hydrogen-bond acceptors (Lipinski definition) is 4. The molecule has 0 radical (unpaired) electrons. The summed E-state index contributed by atoms with van der Waals surface area (Å²) in [5.41, 5.74) is -4.44. The van der Waals surface area contributed by atoms with E-state index in [1.54, 1.807) is 18.2 Å². The lowest BCUT2D eigenvalue weighted by Crippen LogP contribution is -2.62. The highest BCUT2D eigenvalue weighted by Crippen LogP contribution is 2.69. The number of aliphatic hydroxyl groups is 2. The minimum Gasteiger partial charge on any atom is -0.388 e. The average molecular weight is 388 g/mol. The van der Waals surface area contributed by atoms with Crippen molar-refractivity contribution in [2.45, 2.75) is 51.8 Å². The van der Waals surface area contributed by atoms with Crippen molar-refractivity contribution in [3.05, 3.63) is 36.0 Å². The first kappa shape index (κ1) is 19.7. The van der Waals surface area contributed by atoms with Gasteiger partial charge in [-0.25, -0.2) is 4.39 Å². The molecule has 5 heteroatoms. The van der Waals surface area contributed by atoms with Crippen LogP contribution in [0.3, 0.4) is 0 Å². The van der Waals surface area contributed by atoms with E-state index in [0.29, 0.717) is 12.8 Å². The maximum atomic E-state index is 16.8. The number of carbonyl (C=O) groups is 2. The van der Waals surface area contributed by atoms with Gasteiger partial charge >= 0.3 is 0 Å². The zero-order chi connectivity index (χ0) is 20.7. The maximum absolute atomic E-state index is 16.8. The first-order valence-electron chi connectivity index (χ1n) is 10.2. The molecule has 0 aromatic rings. The Kier molecular flexibility index (Phi) is 4.03. The number of rotatable bonds is 2. The van der Waals surface area contributed by atoms with Gasteiger partial charge in [0, 0.05) is 16.7 Å². The minimum atomic E-state index is -1.71. The molecule has 4 nitrogen and oxygen atoms in total. The molecule has 0 amide bonds. The highest BCUT2D eigenvalue weighted by atomic mass is 19.1. The van der Waals surface area contributed by atoms with Crippen LogP contribution in [0.5, 0.6) is 0 Å². The van der Waals surface area contributed by atoms with E-state index >= 15 is 4.39 Å². The number of alkyl halides is 1. The van der Waals surface area contributed by atoms with Gasteiger partial charge in [-0.3, -0.25) is 9.59 Å². The van der Waals surface area contributed by atoms with E-state index in [4.69, 9.17) is 0 Å². The van der Waals surface area contributed by atoms with Crippen LogP contribution in [0.4, 0.5) is 4.39 Å². The molecule has 152 valence electrons. The van der Waals surface area contributed by atoms with Crippen molar-refractivity contribution in [2.24, 2.45) is 34.5 Å². The third-order valence-electron chi connectivity index (χ3n) is 8.59. The van der Waals surface area contributed by atoms with Crippen molar-refractivity contribution in [3.63, 3.8) is 0 Å². The molecule has 0 bridgehead atoms. The lowest BCUT2D eigenvalue weighted by molar-refractivity contribution is -0.159. The first-order chi connectivity index (χ1) is 13.0. The van der Waals surface area contributed by atoms with Gasteiger partial charge in [0.05, 0.1) is 0 Å². The van der Waals surface area contributed by atoms with Crippen molar-refractivity contribution in [1.82, 2.24) is 0 Å². The van der Waals surface area contributed by atoms with E-state index in [2.05, 4.69) is 0 Å². The minimum absolute atomic E-state index is 0.0288. The van der Waals surface area contributed by atoms with Gasteiger partial charge in [-0.15, -0.1) is 0 Å². The SMILES string of the molecule is CC1C[C@H]2[C@@H]3CC(C)[C@](O)(C(=O)CO)[C@@]3(C)C=C[C@]2(F)[C@@]2(C)C=CC(=O)C=C12. The van der Waals surface area contributed by atoms with Crippen molar-refractivity contribution in [1.29, 1.82) is 0 Å². The molecule has 2 fully saturated rings. The number of fused-ring (bicyclic) bond motifs is 5. The van der Waals surface area contributed by atoms with Crippen LogP contribution in [0.1, 0.15) is 40.5 Å². The Morgan fingerprint density at radius 3 is 2.50 bits per heavy atom. The van der Waals surface area contributed by atoms with Gasteiger partial charge in [0.15, 0.2) is 11.6 Å². The largest absolute Gasteiger partial charge is 0.388 e. The molecule has 4 rings (SSSR count). The molecular weight excluding hydrogens is 359 g/mol. The summed E-state index contributed by atoms with van der Waals surface area (Å²) in [7, 11) is 0. The summed E-state index contributed by atoms with van der Waals surface area (Å²) in [6.07, 6.45) is 9.00. The molecule has 4 aliphatic carbocycles. The van der Waals surface area contributed by atoms with Crippen LogP contribution in [0.15, 0.2) is 36.0 Å². The average Bonchev–Trinajstić information content (AvgIpc) is 2.86. The van der Waals surface area contributed by atoms with Gasteiger partial charge in [-0.2, -0.15) is 0 Å². The van der Waals surface area contributed by atoms with Gasteiger partial charge in [-0.05, 0) is 55.7 Å². The first-order valence-corrected chi connectivity index (χ1v) is 10.2. The van der Waals surface area contributed by atoms with Crippen LogP contribution in [0.25, 0.3) is 0 Å². The fraction of sp³-hybridized carbons (Fsp3) is 0.652. The molecule has 2 unspecified atom stereocenters. The number of aliphatic hydroxyl groups excluding tert-OH is 1. The molecule has 4 aliphatic rings. The smallest absolute Gasteiger partial charge is 0.190 e. The summed E-state index contributed by atoms with van der Waals surface area (Å²) in [6, 6.07) is 0. The number of allylic oxidation sites excluding steroid dienone is 5. The highest BCUT2D eigenvalue weighted by molar-refractivity contribution is 6.01. The van der Waals surface area contributed by atoms with Crippen LogP contribution in [-0.4, -0.2) is 39.7 Å². The Morgan fingerprint density at radius 2 is 1.86 bits per heavy atom. The van der Waals surface area contributed by atoms with Gasteiger partial charge in [0.2, 0.25) is 0 Å². The van der Waals surface area contributed by atoms with Crippen LogP contribution in [0.2, 0.25) is 0 Å². The quantitative estimate of drug-likeness (QED) is 0.714. The Labute approximate surface area is 165 Å². The molecule has 0 aromatic carbocycles. The van der Waals surface area contributed by atoms with Crippen LogP contribution in [0, 0.1) is 34.5 Å². The van der Waals surface area contributed by atoms with Crippen LogP contribution >= 0.6 is 0 Å². The Bertz CT molecular complexity index is 844. The fourth-order valence-corrected chi connectivity index (χ4v) is 6.95. The number of halogens is 1. The third-order valence-corrected chi connectivity index (χ3v) is 8.59. The predicted octanol–water partition coefficient (Wildman–Crippen LogP) is 2.95. The van der Waals surface area contributed by atoms with Crippen LogP contribution in [-0.2, 0) is 9.59 Å². The second kappa shape index (κ2) is 5.73. The second-order valence-electron chi connectivity index (χ2n) is 9.76. The predicted molar refractivity (Wildman–Crippen MR) is 103 cm³/mol. The topological polar surface area (TPSA) is 74.6 Å². The van der Waals surface area contributed by atoms with E-state index in [1.807, 2.05) is 27.7 Å². The normalized spacial score (nSPS) is 52.0. The fourth-order valence-electron chi connectivity index (χ4n) is 6.95. The van der Waals surface area contributed by atoms with Crippen molar-refractivity contribution in [3.8, 4) is 0 Å². The molecule has 8 atom stereocenters. The van der Waals surface area contributed by atoms with E-state index in [9.17, 15) is 19.8 Å². The molecule has 2 saturated carbocycles. The molecular formula is C23H29FO4. The zero-order valence-corrected chi connectivity index (χ0v) is 16.9. The second-order valence-corrected chi connectivity index (χ2v) is 9.76. The lowest BCUT2D eigenvalue weighted by Gasteiger charge is -2.59. The standard InChI is InChI=1S/C23H29FO4/c1-13-9-18-17-10-14(2)23(28,19(27)12-25)21(17,4)7-8-22(18,24)20(3)6-5-15(26)11-16(13)20/h5-8,11,13-14,17-18,25,28H,9-10,12H2,1-4H3/t13?,14?,17-,18-,20-,21-,22+,23-/m0/s1. The van der Waals surface area contributed by atoms with Crippen molar-refractivity contribution in [2.75, 3.05) is 6.61 Å². The van der Waals surface area contributed by atoms with Gasteiger partial charge in [0.25, 0.3) is 0 Å². The maximum Gasteiger partial charge on any atom is 0.190 e. The van der Waals surface area contributed by atoms with Gasteiger partial charge in [0.1, 0.15) is 17.9 Å². The molecule has 0 heterocycles. The molecule has 0 aromatic heterocycles. The summed E-state index contributed by atoms with van der Waals surface area (Å²) < 4.78 is 16.8. The number of hydrogen-bond donors (Lipinski definition) is 2. The van der Waals surface area contributed by atoms with E-state index < -0.39 is 34.5 Å². The molecule has 0 saturated heterocycles. The Morgan fingerprint density at radius 1 is 1.18 bits per heavy atom. The summed E-state index contributed by atoms with van der Waals surface area (Å²) in [5.74, 6) is -1.67. The monoisotopic (exact) mass is 388 g/mol. The Balaban J connectivity index is 1.88. The summed E-state index contributed by atoms with van der Waals surface area (Å²) in [5, 5.41) is 20.9. The van der Waals surface area contributed by atoms with Crippen molar-refractivity contribution < 1.29 is 24.2 Å². The van der Waals surface area contributed by atoms with Crippen molar-refractivity contribution >= 4 is 11.6 Å². The number of carbonyl (C=O) groups excluding carboxylic acids is 2. The van der Waals surface area contributed by atoms with E-state index in [-0.39, 0.29) is 29.5 Å². The number of Topliss-reactive ketones (excluding diaryl/α,β-unsaturated/α-hetero) is 1. The number of ketones is 2. The molecule has 28 heavy (non-hydrogen) atoms. The van der Waals surface area contributed by atoms with Crippen LogP contribution < -0.4 is 0 Å². The molecule has 2 N–H and O–H groups in total. The van der Waals surface area contributed by atoms with Gasteiger partial charge < -0.3 is 10.2 Å². The van der Waals surface area contributed by atoms with E-state index in [0.717, 1.165) is 5.57 Å². The third kappa shape index (κ3) is 2.02. The lowest BCUT2D eigenvalue weighted by atomic mass is 9.46. The summed E-state index contributed by atoms with van der Waals surface area (Å²) in [4.78, 5) is 24.5. The Hall–Kier alpha value is -1.59.